The number of fused-ring (bicyclic) bond motifs is 2. The number of carbonyl (C=O) groups is 1. The van der Waals surface area contributed by atoms with E-state index in [1.807, 2.05) is 31.2 Å². The van der Waals surface area contributed by atoms with Gasteiger partial charge in [-0.25, -0.2) is 14.3 Å². The number of hydrogen-bond donors (Lipinski definition) is 1. The Morgan fingerprint density at radius 1 is 1.17 bits per heavy atom. The predicted molar refractivity (Wildman–Crippen MR) is 131 cm³/mol. The molecule has 1 aliphatic rings. The Labute approximate surface area is 202 Å². The van der Waals surface area contributed by atoms with Gasteiger partial charge in [-0.15, -0.1) is 0 Å². The van der Waals surface area contributed by atoms with Crippen LogP contribution in [-0.4, -0.2) is 24.6 Å². The summed E-state index contributed by atoms with van der Waals surface area (Å²) in [5, 5.41) is 3.05. The van der Waals surface area contributed by atoms with Crippen molar-refractivity contribution in [2.75, 3.05) is 0 Å². The van der Waals surface area contributed by atoms with Crippen LogP contribution in [0.2, 0.25) is 0 Å². The molecule has 1 atom stereocenters. The maximum Gasteiger partial charge on any atom is 0.333 e. The molecule has 0 aliphatic heterocycles. The van der Waals surface area contributed by atoms with Crippen molar-refractivity contribution in [3.05, 3.63) is 86.7 Å². The molecule has 1 aliphatic carbocycles. The fourth-order valence-electron chi connectivity index (χ4n) is 4.87. The maximum absolute atomic E-state index is 13.5. The van der Waals surface area contributed by atoms with Gasteiger partial charge in [-0.05, 0) is 48.9 Å². The molecular formula is C26H29N5O4. The number of aromatic nitrogens is 4. The number of rotatable bonds is 8. The Morgan fingerprint density at radius 2 is 2.03 bits per heavy atom. The van der Waals surface area contributed by atoms with Gasteiger partial charge >= 0.3 is 5.69 Å². The van der Waals surface area contributed by atoms with Crippen LogP contribution in [0.1, 0.15) is 55.5 Å². The molecule has 0 fully saturated rings. The van der Waals surface area contributed by atoms with Crippen LogP contribution in [0, 0.1) is 0 Å². The Bertz CT molecular complexity index is 1460. The SMILES string of the molecule is CCCCn1c(=O)n(CC(=O)N[C@H]2CCCc3ccccc32)c(=O)c2c1ncn2Cc1ccco1. The first-order valence-electron chi connectivity index (χ1n) is 12.1. The smallest absolute Gasteiger partial charge is 0.333 e. The highest BCUT2D eigenvalue weighted by molar-refractivity contribution is 5.77. The zero-order valence-corrected chi connectivity index (χ0v) is 19.8. The first-order chi connectivity index (χ1) is 17.1. The first-order valence-corrected chi connectivity index (χ1v) is 12.1. The molecular weight excluding hydrogens is 446 g/mol. The first kappa shape index (κ1) is 22.9. The molecule has 0 bridgehead atoms. The highest BCUT2D eigenvalue weighted by atomic mass is 16.3. The van der Waals surface area contributed by atoms with Gasteiger partial charge in [0.05, 0.1) is 25.2 Å². The molecule has 182 valence electrons. The highest BCUT2D eigenvalue weighted by Gasteiger charge is 2.24. The molecule has 35 heavy (non-hydrogen) atoms. The third-order valence-corrected chi connectivity index (χ3v) is 6.63. The molecule has 4 aromatic rings. The van der Waals surface area contributed by atoms with E-state index in [0.29, 0.717) is 24.5 Å². The van der Waals surface area contributed by atoms with Crippen LogP contribution in [0.25, 0.3) is 11.2 Å². The number of carbonyl (C=O) groups excluding carboxylic acids is 1. The lowest BCUT2D eigenvalue weighted by Gasteiger charge is -2.26. The van der Waals surface area contributed by atoms with E-state index < -0.39 is 11.2 Å². The summed E-state index contributed by atoms with van der Waals surface area (Å²) in [6.07, 6.45) is 7.53. The van der Waals surface area contributed by atoms with E-state index in [9.17, 15) is 14.4 Å². The fraction of sp³-hybridized carbons (Fsp3) is 0.385. The van der Waals surface area contributed by atoms with Crippen LogP contribution in [0.4, 0.5) is 0 Å². The van der Waals surface area contributed by atoms with Crippen molar-refractivity contribution >= 4 is 17.1 Å². The van der Waals surface area contributed by atoms with Gasteiger partial charge in [0.1, 0.15) is 12.3 Å². The molecule has 0 saturated carbocycles. The van der Waals surface area contributed by atoms with Gasteiger partial charge in [-0.3, -0.25) is 14.2 Å². The summed E-state index contributed by atoms with van der Waals surface area (Å²) in [7, 11) is 0. The summed E-state index contributed by atoms with van der Waals surface area (Å²) in [5.74, 6) is 0.305. The molecule has 1 aromatic carbocycles. The van der Waals surface area contributed by atoms with Gasteiger partial charge in [0.25, 0.3) is 5.56 Å². The lowest BCUT2D eigenvalue weighted by atomic mass is 9.88. The standard InChI is InChI=1S/C26H29N5O4/c1-2-3-13-30-24-23(29(17-27-24)15-19-10-7-14-35-19)25(33)31(26(30)34)16-22(32)28-21-12-6-9-18-8-4-5-11-20(18)21/h4-5,7-8,10-11,14,17,21H,2-3,6,9,12-13,15-16H2,1H3,(H,28,32)/t21-/m0/s1. The average Bonchev–Trinajstić information content (AvgIpc) is 3.53. The summed E-state index contributed by atoms with van der Waals surface area (Å²) in [4.78, 5) is 44.3. The number of benzene rings is 1. The molecule has 3 aromatic heterocycles. The van der Waals surface area contributed by atoms with Gasteiger partial charge < -0.3 is 14.3 Å². The highest BCUT2D eigenvalue weighted by Crippen LogP contribution is 2.29. The monoisotopic (exact) mass is 475 g/mol. The van der Waals surface area contributed by atoms with Gasteiger partial charge in [0.2, 0.25) is 5.91 Å². The second-order valence-electron chi connectivity index (χ2n) is 9.01. The van der Waals surface area contributed by atoms with Crippen molar-refractivity contribution < 1.29 is 9.21 Å². The lowest BCUT2D eigenvalue weighted by molar-refractivity contribution is -0.122. The van der Waals surface area contributed by atoms with E-state index in [4.69, 9.17) is 4.42 Å². The van der Waals surface area contributed by atoms with Gasteiger partial charge in [-0.2, -0.15) is 0 Å². The second-order valence-corrected chi connectivity index (χ2v) is 9.01. The average molecular weight is 476 g/mol. The summed E-state index contributed by atoms with van der Waals surface area (Å²) in [6, 6.07) is 11.5. The Kier molecular flexibility index (Phi) is 6.39. The summed E-state index contributed by atoms with van der Waals surface area (Å²) in [5.41, 5.74) is 1.91. The van der Waals surface area contributed by atoms with Crippen molar-refractivity contribution in [2.24, 2.45) is 0 Å². The number of nitrogens with one attached hydrogen (secondary N) is 1. The van der Waals surface area contributed by atoms with E-state index >= 15 is 0 Å². The zero-order chi connectivity index (χ0) is 24.4. The van der Waals surface area contributed by atoms with E-state index in [2.05, 4.69) is 16.4 Å². The molecule has 9 nitrogen and oxygen atoms in total. The minimum absolute atomic E-state index is 0.126. The number of aryl methyl sites for hydroxylation is 2. The quantitative estimate of drug-likeness (QED) is 0.422. The van der Waals surface area contributed by atoms with E-state index in [1.165, 1.54) is 10.1 Å². The Balaban J connectivity index is 1.50. The van der Waals surface area contributed by atoms with Crippen molar-refractivity contribution in [3.63, 3.8) is 0 Å². The van der Waals surface area contributed by atoms with Crippen LogP contribution >= 0.6 is 0 Å². The molecule has 3 heterocycles. The van der Waals surface area contributed by atoms with Crippen molar-refractivity contribution in [1.82, 2.24) is 24.0 Å². The summed E-state index contributed by atoms with van der Waals surface area (Å²) < 4.78 is 9.64. The fourth-order valence-corrected chi connectivity index (χ4v) is 4.87. The van der Waals surface area contributed by atoms with Crippen molar-refractivity contribution in [3.8, 4) is 0 Å². The summed E-state index contributed by atoms with van der Waals surface area (Å²) >= 11 is 0. The maximum atomic E-state index is 13.5. The number of furan rings is 1. The number of hydrogen-bond acceptors (Lipinski definition) is 5. The minimum Gasteiger partial charge on any atom is -0.467 e. The minimum atomic E-state index is -0.527. The second kappa shape index (κ2) is 9.77. The van der Waals surface area contributed by atoms with E-state index in [1.54, 1.807) is 23.2 Å². The van der Waals surface area contributed by atoms with Gasteiger partial charge in [0.15, 0.2) is 11.2 Å². The number of imidazole rings is 1. The predicted octanol–water partition coefficient (Wildman–Crippen LogP) is 2.99. The van der Waals surface area contributed by atoms with Crippen molar-refractivity contribution in [2.45, 2.75) is 64.7 Å². The van der Waals surface area contributed by atoms with Gasteiger partial charge in [0, 0.05) is 6.54 Å². The van der Waals surface area contributed by atoms with Crippen LogP contribution in [0.5, 0.6) is 0 Å². The van der Waals surface area contributed by atoms with Crippen LogP contribution in [0.15, 0.2) is 63.0 Å². The van der Waals surface area contributed by atoms with Crippen molar-refractivity contribution in [1.29, 1.82) is 0 Å². The molecule has 0 spiro atoms. The van der Waals surface area contributed by atoms with Crippen LogP contribution < -0.4 is 16.6 Å². The van der Waals surface area contributed by atoms with E-state index in [-0.39, 0.29) is 24.0 Å². The molecule has 0 unspecified atom stereocenters. The largest absolute Gasteiger partial charge is 0.467 e. The summed E-state index contributed by atoms with van der Waals surface area (Å²) in [6.45, 7) is 2.41. The van der Waals surface area contributed by atoms with Gasteiger partial charge in [-0.1, -0.05) is 37.6 Å². The number of nitrogens with zero attached hydrogens (tertiary/aromatic N) is 4. The zero-order valence-electron chi connectivity index (χ0n) is 19.8. The van der Waals surface area contributed by atoms with Crippen LogP contribution in [-0.2, 0) is 30.8 Å². The topological polar surface area (TPSA) is 104 Å². The number of amides is 1. The third kappa shape index (κ3) is 4.45. The molecule has 1 amide bonds. The van der Waals surface area contributed by atoms with Crippen LogP contribution in [0.3, 0.4) is 0 Å². The van der Waals surface area contributed by atoms with E-state index in [0.717, 1.165) is 42.2 Å². The Morgan fingerprint density at radius 3 is 2.83 bits per heavy atom. The number of unbranched alkanes of at least 4 members (excludes halogenated alkanes) is 1. The molecule has 1 N–H and O–H groups in total. The normalized spacial score (nSPS) is 15.3. The third-order valence-electron chi connectivity index (χ3n) is 6.63. The lowest BCUT2D eigenvalue weighted by Crippen LogP contribution is -2.45. The molecule has 5 rings (SSSR count). The molecule has 0 radical (unpaired) electrons. The molecule has 0 saturated heterocycles. The Hall–Kier alpha value is -3.88. The molecule has 9 heteroatoms.